The average Bonchev–Trinajstić information content (AvgIpc) is 2.91. The highest BCUT2D eigenvalue weighted by Gasteiger charge is 2.41. The van der Waals surface area contributed by atoms with Gasteiger partial charge in [0, 0.05) is 26.7 Å². The maximum Gasteiger partial charge on any atom is 0.410 e. The first-order valence-corrected chi connectivity index (χ1v) is 8.83. The molecule has 5 heteroatoms. The molecule has 1 fully saturated rings. The molecule has 2 unspecified atom stereocenters. The van der Waals surface area contributed by atoms with Crippen LogP contribution in [0.4, 0.5) is 4.79 Å². The zero-order chi connectivity index (χ0) is 17.9. The highest BCUT2D eigenvalue weighted by atomic mass is 16.7. The number of amides is 1. The second kappa shape index (κ2) is 7.58. The summed E-state index contributed by atoms with van der Waals surface area (Å²) in [6.07, 6.45) is 5.57. The van der Waals surface area contributed by atoms with Crippen molar-refractivity contribution in [3.8, 4) is 0 Å². The average molecular weight is 345 g/mol. The minimum Gasteiger partial charge on any atom is -0.445 e. The highest BCUT2D eigenvalue weighted by Crippen LogP contribution is 2.38. The Balaban J connectivity index is 1.62. The molecule has 2 heterocycles. The van der Waals surface area contributed by atoms with Gasteiger partial charge in [0.05, 0.1) is 6.04 Å². The molecule has 136 valence electrons. The van der Waals surface area contributed by atoms with E-state index >= 15 is 0 Å². The van der Waals surface area contributed by atoms with Crippen molar-refractivity contribution in [2.45, 2.75) is 57.1 Å². The van der Waals surface area contributed by atoms with E-state index in [1.165, 1.54) is 5.57 Å². The van der Waals surface area contributed by atoms with Crippen molar-refractivity contribution in [2.75, 3.05) is 14.2 Å². The summed E-state index contributed by atoms with van der Waals surface area (Å²) in [5.74, 6) is -0.610. The molecule has 1 aromatic rings. The molecular formula is C20H27NO4. The first kappa shape index (κ1) is 18.0. The molecular weight excluding hydrogens is 318 g/mol. The third kappa shape index (κ3) is 4.05. The lowest BCUT2D eigenvalue weighted by Crippen LogP contribution is -2.44. The van der Waals surface area contributed by atoms with E-state index in [9.17, 15) is 4.79 Å². The Morgan fingerprint density at radius 1 is 1.20 bits per heavy atom. The van der Waals surface area contributed by atoms with Gasteiger partial charge in [0.25, 0.3) is 0 Å². The molecule has 1 saturated heterocycles. The molecule has 25 heavy (non-hydrogen) atoms. The fraction of sp³-hybridized carbons (Fsp3) is 0.550. The van der Waals surface area contributed by atoms with Crippen molar-refractivity contribution >= 4 is 6.09 Å². The van der Waals surface area contributed by atoms with Gasteiger partial charge in [-0.05, 0) is 31.7 Å². The Labute approximate surface area is 149 Å². The van der Waals surface area contributed by atoms with Gasteiger partial charge in [-0.25, -0.2) is 4.79 Å². The quantitative estimate of drug-likeness (QED) is 0.580. The SMILES string of the molecule is COC(C)(CC1=CC2CCC(C1)N2C(=O)OCc1ccccc1)OC. The second-order valence-corrected chi connectivity index (χ2v) is 6.99. The van der Waals surface area contributed by atoms with Gasteiger partial charge in [0.1, 0.15) is 6.61 Å². The van der Waals surface area contributed by atoms with Crippen LogP contribution in [0.25, 0.3) is 0 Å². The third-order valence-corrected chi connectivity index (χ3v) is 5.30. The fourth-order valence-electron chi connectivity index (χ4n) is 3.77. The number of hydrogen-bond donors (Lipinski definition) is 0. The van der Waals surface area contributed by atoms with Crippen LogP contribution in [0.2, 0.25) is 0 Å². The van der Waals surface area contributed by atoms with Gasteiger partial charge in [-0.15, -0.1) is 0 Å². The van der Waals surface area contributed by atoms with Crippen molar-refractivity contribution in [1.29, 1.82) is 0 Å². The number of ether oxygens (including phenoxy) is 3. The summed E-state index contributed by atoms with van der Waals surface area (Å²) in [6, 6.07) is 10.1. The predicted molar refractivity (Wildman–Crippen MR) is 95.0 cm³/mol. The Kier molecular flexibility index (Phi) is 5.45. The minimum absolute atomic E-state index is 0.120. The monoisotopic (exact) mass is 345 g/mol. The molecule has 0 saturated carbocycles. The molecule has 2 bridgehead atoms. The van der Waals surface area contributed by atoms with Crippen LogP contribution in [0.1, 0.15) is 38.2 Å². The summed E-state index contributed by atoms with van der Waals surface area (Å²) >= 11 is 0. The Hall–Kier alpha value is -1.85. The van der Waals surface area contributed by atoms with Gasteiger partial charge < -0.3 is 14.2 Å². The fourth-order valence-corrected chi connectivity index (χ4v) is 3.77. The first-order chi connectivity index (χ1) is 12.0. The lowest BCUT2D eigenvalue weighted by atomic mass is 9.95. The smallest absolute Gasteiger partial charge is 0.410 e. The number of carbonyl (C=O) groups excluding carboxylic acids is 1. The lowest BCUT2D eigenvalue weighted by Gasteiger charge is -2.35. The summed E-state index contributed by atoms with van der Waals surface area (Å²) in [7, 11) is 3.32. The zero-order valence-electron chi connectivity index (χ0n) is 15.2. The van der Waals surface area contributed by atoms with E-state index in [0.29, 0.717) is 6.61 Å². The molecule has 0 radical (unpaired) electrons. The molecule has 5 nitrogen and oxygen atoms in total. The standard InChI is InChI=1S/C20H27NO4/c1-20(23-2,24-3)13-16-11-17-9-10-18(12-16)21(17)19(22)25-14-15-7-5-4-6-8-15/h4-8,11,17-18H,9-10,12-14H2,1-3H3. The molecule has 2 aliphatic rings. The molecule has 3 rings (SSSR count). The van der Waals surface area contributed by atoms with E-state index < -0.39 is 5.79 Å². The highest BCUT2D eigenvalue weighted by molar-refractivity contribution is 5.70. The molecule has 2 atom stereocenters. The molecule has 2 aliphatic heterocycles. The zero-order valence-corrected chi connectivity index (χ0v) is 15.2. The number of fused-ring (bicyclic) bond motifs is 2. The van der Waals surface area contributed by atoms with Crippen molar-refractivity contribution in [3.63, 3.8) is 0 Å². The number of methoxy groups -OCH3 is 2. The van der Waals surface area contributed by atoms with Crippen LogP contribution < -0.4 is 0 Å². The second-order valence-electron chi connectivity index (χ2n) is 6.99. The van der Waals surface area contributed by atoms with Crippen LogP contribution >= 0.6 is 0 Å². The van der Waals surface area contributed by atoms with Gasteiger partial charge in [0.2, 0.25) is 0 Å². The van der Waals surface area contributed by atoms with Crippen LogP contribution in [-0.2, 0) is 20.8 Å². The molecule has 1 aromatic carbocycles. The van der Waals surface area contributed by atoms with E-state index in [1.807, 2.05) is 42.2 Å². The van der Waals surface area contributed by atoms with Crippen molar-refractivity contribution in [2.24, 2.45) is 0 Å². The molecule has 0 spiro atoms. The summed E-state index contributed by atoms with van der Waals surface area (Å²) in [4.78, 5) is 14.5. The van der Waals surface area contributed by atoms with Crippen LogP contribution in [0, 0.1) is 0 Å². The number of benzene rings is 1. The van der Waals surface area contributed by atoms with Crippen LogP contribution in [0.15, 0.2) is 42.0 Å². The van der Waals surface area contributed by atoms with E-state index in [4.69, 9.17) is 14.2 Å². The minimum atomic E-state index is -0.610. The summed E-state index contributed by atoms with van der Waals surface area (Å²) in [6.45, 7) is 2.26. The van der Waals surface area contributed by atoms with E-state index in [1.54, 1.807) is 14.2 Å². The maximum atomic E-state index is 12.6. The number of hydrogen-bond acceptors (Lipinski definition) is 4. The topological polar surface area (TPSA) is 48.0 Å². The van der Waals surface area contributed by atoms with Gasteiger partial charge in [-0.1, -0.05) is 42.0 Å². The van der Waals surface area contributed by atoms with Crippen molar-refractivity contribution < 1.29 is 19.0 Å². The van der Waals surface area contributed by atoms with Crippen LogP contribution in [0.5, 0.6) is 0 Å². The molecule has 0 N–H and O–H groups in total. The van der Waals surface area contributed by atoms with Crippen molar-refractivity contribution in [1.82, 2.24) is 4.90 Å². The van der Waals surface area contributed by atoms with Gasteiger partial charge in [-0.3, -0.25) is 4.90 Å². The normalized spacial score (nSPS) is 22.7. The Morgan fingerprint density at radius 2 is 1.92 bits per heavy atom. The van der Waals surface area contributed by atoms with E-state index in [0.717, 1.165) is 31.2 Å². The van der Waals surface area contributed by atoms with Gasteiger partial charge >= 0.3 is 6.09 Å². The van der Waals surface area contributed by atoms with Crippen molar-refractivity contribution in [3.05, 3.63) is 47.5 Å². The first-order valence-electron chi connectivity index (χ1n) is 8.83. The summed E-state index contributed by atoms with van der Waals surface area (Å²) in [5, 5.41) is 0. The van der Waals surface area contributed by atoms with Gasteiger partial charge in [-0.2, -0.15) is 0 Å². The number of carbonyl (C=O) groups is 1. The predicted octanol–water partition coefficient (Wildman–Crippen LogP) is 3.89. The van der Waals surface area contributed by atoms with E-state index in [-0.39, 0.29) is 18.2 Å². The number of nitrogens with zero attached hydrogens (tertiary/aromatic N) is 1. The maximum absolute atomic E-state index is 12.6. The van der Waals surface area contributed by atoms with E-state index in [2.05, 4.69) is 6.08 Å². The summed E-state index contributed by atoms with van der Waals surface area (Å²) in [5.41, 5.74) is 2.30. The third-order valence-electron chi connectivity index (χ3n) is 5.30. The largest absolute Gasteiger partial charge is 0.445 e. The Bertz CT molecular complexity index is 624. The Morgan fingerprint density at radius 3 is 2.56 bits per heavy atom. The lowest BCUT2D eigenvalue weighted by molar-refractivity contribution is -0.192. The van der Waals surface area contributed by atoms with Gasteiger partial charge in [0.15, 0.2) is 5.79 Å². The molecule has 0 aromatic heterocycles. The van der Waals surface area contributed by atoms with Crippen LogP contribution in [0.3, 0.4) is 0 Å². The molecule has 1 amide bonds. The van der Waals surface area contributed by atoms with Crippen LogP contribution in [-0.4, -0.2) is 43.1 Å². The molecule has 0 aliphatic carbocycles. The number of rotatable bonds is 6. The summed E-state index contributed by atoms with van der Waals surface area (Å²) < 4.78 is 16.5.